The molecule has 1 saturated heterocycles. The molecule has 2 N–H and O–H groups in total. The number of carbonyl (C=O) groups is 1. The summed E-state index contributed by atoms with van der Waals surface area (Å²) in [6.07, 6.45) is 2.54. The largest absolute Gasteiger partial charge is 0.354 e. The number of carbonyl (C=O) groups excluding carboxylic acids is 1. The first kappa shape index (κ1) is 17.1. The Morgan fingerprint density at radius 2 is 2.12 bits per heavy atom. The molecular weight excluding hydrogens is 326 g/mol. The van der Waals surface area contributed by atoms with Crippen LogP contribution in [-0.2, 0) is 5.92 Å². The quantitative estimate of drug-likeness (QED) is 0.889. The second-order valence-electron chi connectivity index (χ2n) is 6.19. The third-order valence-corrected chi connectivity index (χ3v) is 4.12. The summed E-state index contributed by atoms with van der Waals surface area (Å²) in [5.74, 6) is -2.06. The fourth-order valence-electron chi connectivity index (χ4n) is 2.85. The summed E-state index contributed by atoms with van der Waals surface area (Å²) >= 11 is 0. The summed E-state index contributed by atoms with van der Waals surface area (Å²) in [4.78, 5) is 18.5. The van der Waals surface area contributed by atoms with E-state index < -0.39 is 12.0 Å². The molecule has 2 heterocycles. The Labute approximate surface area is 145 Å². The zero-order valence-electron chi connectivity index (χ0n) is 13.9. The Bertz CT molecular complexity index is 733. The molecule has 25 heavy (non-hydrogen) atoms. The average Bonchev–Trinajstić information content (AvgIpc) is 3.03. The number of hydrogen-bond acceptors (Lipinski definition) is 3. The number of pyridine rings is 1. The van der Waals surface area contributed by atoms with Crippen molar-refractivity contribution >= 4 is 17.5 Å². The summed E-state index contributed by atoms with van der Waals surface area (Å²) in [6.45, 7) is 2.30. The molecule has 2 aromatic rings. The van der Waals surface area contributed by atoms with Gasteiger partial charge in [0.05, 0.1) is 0 Å². The van der Waals surface area contributed by atoms with E-state index in [2.05, 4.69) is 20.5 Å². The molecule has 2 amide bonds. The minimum atomic E-state index is -2.94. The second kappa shape index (κ2) is 7.04. The third kappa shape index (κ3) is 4.43. The van der Waals surface area contributed by atoms with Crippen molar-refractivity contribution in [3.63, 3.8) is 0 Å². The molecule has 0 bridgehead atoms. The highest BCUT2D eigenvalue weighted by molar-refractivity contribution is 5.89. The van der Waals surface area contributed by atoms with Gasteiger partial charge in [-0.2, -0.15) is 0 Å². The van der Waals surface area contributed by atoms with Crippen molar-refractivity contribution in [3.05, 3.63) is 54.2 Å². The predicted octanol–water partition coefficient (Wildman–Crippen LogP) is 3.59. The average molecular weight is 346 g/mol. The van der Waals surface area contributed by atoms with E-state index in [0.717, 1.165) is 25.7 Å². The smallest absolute Gasteiger partial charge is 0.319 e. The lowest BCUT2D eigenvalue weighted by Gasteiger charge is -2.18. The Kier molecular flexibility index (Phi) is 4.83. The molecule has 0 radical (unpaired) electrons. The van der Waals surface area contributed by atoms with Crippen LogP contribution >= 0.6 is 0 Å². The van der Waals surface area contributed by atoms with Gasteiger partial charge in [-0.25, -0.2) is 18.6 Å². The van der Waals surface area contributed by atoms with Crippen LogP contribution < -0.4 is 15.5 Å². The summed E-state index contributed by atoms with van der Waals surface area (Å²) in [6, 6.07) is 11.0. The lowest BCUT2D eigenvalue weighted by Crippen LogP contribution is -2.39. The van der Waals surface area contributed by atoms with Crippen LogP contribution in [0.25, 0.3) is 0 Å². The molecule has 5 nitrogen and oxygen atoms in total. The first-order chi connectivity index (χ1) is 11.9. The third-order valence-electron chi connectivity index (χ3n) is 4.12. The van der Waals surface area contributed by atoms with Crippen LogP contribution in [0, 0.1) is 0 Å². The summed E-state index contributed by atoms with van der Waals surface area (Å²) < 4.78 is 26.7. The van der Waals surface area contributed by atoms with E-state index in [1.165, 1.54) is 18.2 Å². The van der Waals surface area contributed by atoms with Crippen molar-refractivity contribution in [1.29, 1.82) is 0 Å². The summed E-state index contributed by atoms with van der Waals surface area (Å²) in [5, 5.41) is 5.50. The number of nitrogens with zero attached hydrogens (tertiary/aromatic N) is 2. The number of rotatable bonds is 4. The highest BCUT2D eigenvalue weighted by atomic mass is 19.3. The number of anilines is 2. The number of hydrogen-bond donors (Lipinski definition) is 2. The molecule has 1 aliphatic heterocycles. The van der Waals surface area contributed by atoms with Crippen LogP contribution in [0.5, 0.6) is 0 Å². The predicted molar refractivity (Wildman–Crippen MR) is 93.0 cm³/mol. The maximum atomic E-state index is 13.4. The van der Waals surface area contributed by atoms with Gasteiger partial charge in [0.15, 0.2) is 0 Å². The number of alkyl halides is 2. The molecule has 0 unspecified atom stereocenters. The standard InChI is InChI=1S/C18H20F2N4O/c1-18(19,20)13-5-4-6-14(11-13)22-17(25)23-15-8-10-24(12-15)16-7-2-3-9-21-16/h2-7,9,11,15H,8,10,12H2,1H3,(H2,22,23,25)/t15-/m0/s1. The zero-order chi connectivity index (χ0) is 17.9. The molecule has 1 fully saturated rings. The van der Waals surface area contributed by atoms with E-state index in [4.69, 9.17) is 0 Å². The topological polar surface area (TPSA) is 57.3 Å². The molecule has 7 heteroatoms. The minimum absolute atomic E-state index is 0.0159. The summed E-state index contributed by atoms with van der Waals surface area (Å²) in [7, 11) is 0. The molecule has 132 valence electrons. The highest BCUT2D eigenvalue weighted by Crippen LogP contribution is 2.28. The molecule has 0 saturated carbocycles. The van der Waals surface area contributed by atoms with E-state index in [1.807, 2.05) is 18.2 Å². The maximum absolute atomic E-state index is 13.4. The van der Waals surface area contributed by atoms with Gasteiger partial charge in [-0.15, -0.1) is 0 Å². The summed E-state index contributed by atoms with van der Waals surface area (Å²) in [5.41, 5.74) is 0.212. The molecule has 1 atom stereocenters. The Morgan fingerprint density at radius 1 is 1.28 bits per heavy atom. The van der Waals surface area contributed by atoms with Gasteiger partial charge >= 0.3 is 6.03 Å². The highest BCUT2D eigenvalue weighted by Gasteiger charge is 2.26. The number of amides is 2. The Balaban J connectivity index is 1.55. The van der Waals surface area contributed by atoms with Gasteiger partial charge in [-0.1, -0.05) is 18.2 Å². The molecule has 1 aliphatic rings. The number of halogens is 2. The van der Waals surface area contributed by atoms with Crippen LogP contribution in [0.4, 0.5) is 25.1 Å². The lowest BCUT2D eigenvalue weighted by molar-refractivity contribution is 0.0175. The molecular formula is C18H20F2N4O. The van der Waals surface area contributed by atoms with Gasteiger partial charge in [0, 0.05) is 43.5 Å². The Morgan fingerprint density at radius 3 is 2.84 bits per heavy atom. The number of aromatic nitrogens is 1. The minimum Gasteiger partial charge on any atom is -0.354 e. The molecule has 1 aromatic heterocycles. The first-order valence-corrected chi connectivity index (χ1v) is 8.14. The van der Waals surface area contributed by atoms with Crippen molar-refractivity contribution < 1.29 is 13.6 Å². The zero-order valence-corrected chi connectivity index (χ0v) is 13.9. The van der Waals surface area contributed by atoms with Crippen molar-refractivity contribution in [2.75, 3.05) is 23.3 Å². The van der Waals surface area contributed by atoms with Gasteiger partial charge in [0.25, 0.3) is 5.92 Å². The van der Waals surface area contributed by atoms with Crippen LogP contribution in [0.3, 0.4) is 0 Å². The van der Waals surface area contributed by atoms with E-state index in [1.54, 1.807) is 12.3 Å². The number of urea groups is 1. The van der Waals surface area contributed by atoms with Crippen molar-refractivity contribution in [2.45, 2.75) is 25.3 Å². The molecule has 1 aromatic carbocycles. The molecule has 3 rings (SSSR count). The van der Waals surface area contributed by atoms with Gasteiger partial charge in [-0.3, -0.25) is 0 Å². The van der Waals surface area contributed by atoms with Gasteiger partial charge in [0.1, 0.15) is 5.82 Å². The van der Waals surface area contributed by atoms with E-state index in [9.17, 15) is 13.6 Å². The van der Waals surface area contributed by atoms with E-state index in [-0.39, 0.29) is 11.6 Å². The first-order valence-electron chi connectivity index (χ1n) is 8.14. The Hall–Kier alpha value is -2.70. The lowest BCUT2D eigenvalue weighted by atomic mass is 10.1. The van der Waals surface area contributed by atoms with E-state index in [0.29, 0.717) is 12.2 Å². The van der Waals surface area contributed by atoms with Crippen molar-refractivity contribution in [3.8, 4) is 0 Å². The number of nitrogens with one attached hydrogen (secondary N) is 2. The fraction of sp³-hybridized carbons (Fsp3) is 0.333. The fourth-order valence-corrected chi connectivity index (χ4v) is 2.85. The SMILES string of the molecule is CC(F)(F)c1cccc(NC(=O)N[C@H]2CCN(c3ccccn3)C2)c1. The monoisotopic (exact) mass is 346 g/mol. The number of benzene rings is 1. The van der Waals surface area contributed by atoms with Crippen molar-refractivity contribution in [1.82, 2.24) is 10.3 Å². The van der Waals surface area contributed by atoms with Crippen LogP contribution in [0.1, 0.15) is 18.9 Å². The molecule has 0 aliphatic carbocycles. The van der Waals surface area contributed by atoms with Gasteiger partial charge in [0.2, 0.25) is 0 Å². The van der Waals surface area contributed by atoms with Gasteiger partial charge < -0.3 is 15.5 Å². The second-order valence-corrected chi connectivity index (χ2v) is 6.19. The van der Waals surface area contributed by atoms with Crippen LogP contribution in [-0.4, -0.2) is 30.1 Å². The van der Waals surface area contributed by atoms with Crippen LogP contribution in [0.15, 0.2) is 48.7 Å². The maximum Gasteiger partial charge on any atom is 0.319 e. The van der Waals surface area contributed by atoms with E-state index >= 15 is 0 Å². The van der Waals surface area contributed by atoms with Crippen molar-refractivity contribution in [2.24, 2.45) is 0 Å². The molecule has 0 spiro atoms. The van der Waals surface area contributed by atoms with Gasteiger partial charge in [-0.05, 0) is 30.7 Å². The normalized spacial score (nSPS) is 17.4. The van der Waals surface area contributed by atoms with Crippen LogP contribution in [0.2, 0.25) is 0 Å².